The Bertz CT molecular complexity index is 205. The molecule has 0 aliphatic carbocycles. The van der Waals surface area contributed by atoms with Crippen LogP contribution in [0.15, 0.2) is 0 Å². The monoisotopic (exact) mass is 184 g/mol. The second-order valence-corrected chi connectivity index (χ2v) is 4.37. The van der Waals surface area contributed by atoms with E-state index in [2.05, 4.69) is 20.1 Å². The molecule has 0 saturated carbocycles. The van der Waals surface area contributed by atoms with E-state index in [0.29, 0.717) is 5.92 Å². The van der Waals surface area contributed by atoms with Crippen molar-refractivity contribution in [3.8, 4) is 0 Å². The quantitative estimate of drug-likeness (QED) is 0.607. The van der Waals surface area contributed by atoms with Gasteiger partial charge in [-0.15, -0.1) is 0 Å². The number of hydrogen-bond acceptors (Lipinski definition) is 3. The maximum absolute atomic E-state index is 11.0. The van der Waals surface area contributed by atoms with Crippen LogP contribution in [0.25, 0.3) is 0 Å². The summed E-state index contributed by atoms with van der Waals surface area (Å²) in [7, 11) is 1.88. The molecule has 0 aromatic heterocycles. The summed E-state index contributed by atoms with van der Waals surface area (Å²) in [6.45, 7) is 8.03. The van der Waals surface area contributed by atoms with Crippen LogP contribution in [0.2, 0.25) is 0 Å². The van der Waals surface area contributed by atoms with Crippen molar-refractivity contribution < 1.29 is 9.63 Å². The normalized spacial score (nSPS) is 41.4. The molecule has 0 spiro atoms. The first-order chi connectivity index (χ1) is 5.93. The summed E-state index contributed by atoms with van der Waals surface area (Å²) < 4.78 is 0. The molecule has 3 nitrogen and oxygen atoms in total. The minimum absolute atomic E-state index is 0.0811. The van der Waals surface area contributed by atoms with Crippen LogP contribution in [0, 0.1) is 11.3 Å². The molecule has 0 aromatic carbocycles. The lowest BCUT2D eigenvalue weighted by Gasteiger charge is -2.39. The molecule has 0 aromatic rings. The molecule has 0 unspecified atom stereocenters. The third kappa shape index (κ3) is 1.51. The van der Waals surface area contributed by atoms with Gasteiger partial charge in [0, 0.05) is 13.1 Å². The summed E-state index contributed by atoms with van der Waals surface area (Å²) in [5.41, 5.74) is -0.497. The molecule has 13 heavy (non-hydrogen) atoms. The number of nitrogens with zero attached hydrogens (tertiary/aromatic N) is 1. The van der Waals surface area contributed by atoms with Crippen molar-refractivity contribution in [2.45, 2.75) is 39.8 Å². The zero-order valence-corrected chi connectivity index (χ0v) is 9.00. The van der Waals surface area contributed by atoms with E-state index >= 15 is 0 Å². The Hall–Kier alpha value is -0.410. The highest BCUT2D eigenvalue weighted by Crippen LogP contribution is 2.39. The van der Waals surface area contributed by atoms with Gasteiger partial charge in [-0.3, -0.25) is 11.1 Å². The SMILES string of the molecule is CC(C)[C@H]1N(C)O[C@@H](C)[C@]1(C)[C-]=O. The smallest absolute Gasteiger partial charge is 0.0595 e. The maximum atomic E-state index is 11.0. The molecule has 0 radical (unpaired) electrons. The Morgan fingerprint density at radius 3 is 2.38 bits per heavy atom. The van der Waals surface area contributed by atoms with Gasteiger partial charge in [0.05, 0.1) is 6.10 Å². The first kappa shape index (κ1) is 10.7. The molecule has 3 atom stereocenters. The van der Waals surface area contributed by atoms with Crippen LogP contribution in [0.3, 0.4) is 0 Å². The highest BCUT2D eigenvalue weighted by atomic mass is 16.7. The summed E-state index contributed by atoms with van der Waals surface area (Å²) in [6.07, 6.45) is 2.05. The average Bonchev–Trinajstić information content (AvgIpc) is 2.24. The summed E-state index contributed by atoms with van der Waals surface area (Å²) in [6, 6.07) is 0.125. The molecule has 76 valence electrons. The molecule has 1 aliphatic heterocycles. The van der Waals surface area contributed by atoms with Crippen molar-refractivity contribution in [1.82, 2.24) is 5.06 Å². The van der Waals surface area contributed by atoms with Crippen molar-refractivity contribution in [3.63, 3.8) is 0 Å². The lowest BCUT2D eigenvalue weighted by atomic mass is 9.75. The topological polar surface area (TPSA) is 29.5 Å². The van der Waals surface area contributed by atoms with Gasteiger partial charge in [0.25, 0.3) is 0 Å². The highest BCUT2D eigenvalue weighted by molar-refractivity contribution is 5.62. The predicted molar refractivity (Wildman–Crippen MR) is 50.7 cm³/mol. The van der Waals surface area contributed by atoms with Gasteiger partial charge in [-0.2, -0.15) is 5.06 Å². The van der Waals surface area contributed by atoms with Crippen LogP contribution >= 0.6 is 0 Å². The largest absolute Gasteiger partial charge is 0.541 e. The van der Waals surface area contributed by atoms with E-state index in [1.807, 2.05) is 20.9 Å². The number of hydrogen-bond donors (Lipinski definition) is 0. The standard InChI is InChI=1S/C10H18NO2/c1-7(2)9-10(4,6-12)8(3)13-11(9)5/h7-9H,1-5H3/q-1/t8-,9+,10-/m0/s1. The minimum atomic E-state index is -0.497. The molecular formula is C10H18NO2-. The second-order valence-electron chi connectivity index (χ2n) is 4.37. The summed E-state index contributed by atoms with van der Waals surface area (Å²) >= 11 is 0. The van der Waals surface area contributed by atoms with Gasteiger partial charge >= 0.3 is 0 Å². The molecule has 3 heteroatoms. The number of rotatable bonds is 2. The summed E-state index contributed by atoms with van der Waals surface area (Å²) in [5, 5.41) is 1.79. The zero-order chi connectivity index (χ0) is 10.2. The lowest BCUT2D eigenvalue weighted by Crippen LogP contribution is -2.43. The average molecular weight is 184 g/mol. The van der Waals surface area contributed by atoms with E-state index in [1.54, 1.807) is 5.06 Å². The lowest BCUT2D eigenvalue weighted by molar-refractivity contribution is -0.144. The molecule has 1 aliphatic rings. The van der Waals surface area contributed by atoms with Gasteiger partial charge in [0.15, 0.2) is 0 Å². The predicted octanol–water partition coefficient (Wildman–Crippen LogP) is 1.39. The Labute approximate surface area is 80.0 Å². The minimum Gasteiger partial charge on any atom is -0.541 e. The van der Waals surface area contributed by atoms with Crippen LogP contribution in [0.5, 0.6) is 0 Å². The van der Waals surface area contributed by atoms with Gasteiger partial charge < -0.3 is 4.79 Å². The van der Waals surface area contributed by atoms with E-state index in [-0.39, 0.29) is 12.1 Å². The van der Waals surface area contributed by atoms with Crippen molar-refractivity contribution in [3.05, 3.63) is 0 Å². The second kappa shape index (κ2) is 3.39. The van der Waals surface area contributed by atoms with Crippen molar-refractivity contribution in [1.29, 1.82) is 0 Å². The Balaban J connectivity index is 2.96. The van der Waals surface area contributed by atoms with Crippen LogP contribution in [-0.2, 0) is 9.63 Å². The highest BCUT2D eigenvalue weighted by Gasteiger charge is 2.43. The van der Waals surface area contributed by atoms with Crippen molar-refractivity contribution in [2.24, 2.45) is 11.3 Å². The third-order valence-electron chi connectivity index (χ3n) is 3.03. The molecule has 0 amide bonds. The zero-order valence-electron chi connectivity index (χ0n) is 9.00. The fraction of sp³-hybridized carbons (Fsp3) is 0.900. The van der Waals surface area contributed by atoms with Gasteiger partial charge in [0.2, 0.25) is 0 Å². The fourth-order valence-electron chi connectivity index (χ4n) is 2.30. The Morgan fingerprint density at radius 1 is 1.54 bits per heavy atom. The Morgan fingerprint density at radius 2 is 2.08 bits per heavy atom. The Kier molecular flexibility index (Phi) is 2.78. The molecule has 1 rings (SSSR count). The van der Waals surface area contributed by atoms with Gasteiger partial charge in [-0.1, -0.05) is 26.2 Å². The number of carbonyl (C=O) groups excluding carboxylic acids is 1. The first-order valence-corrected chi connectivity index (χ1v) is 4.72. The van der Waals surface area contributed by atoms with Crippen molar-refractivity contribution in [2.75, 3.05) is 7.05 Å². The molecule has 0 bridgehead atoms. The van der Waals surface area contributed by atoms with Crippen LogP contribution < -0.4 is 0 Å². The summed E-state index contributed by atoms with van der Waals surface area (Å²) in [4.78, 5) is 16.5. The van der Waals surface area contributed by atoms with Gasteiger partial charge in [-0.25, -0.2) is 0 Å². The van der Waals surface area contributed by atoms with E-state index in [0.717, 1.165) is 0 Å². The van der Waals surface area contributed by atoms with Gasteiger partial charge in [0.1, 0.15) is 0 Å². The van der Waals surface area contributed by atoms with Crippen LogP contribution in [0.1, 0.15) is 27.7 Å². The van der Waals surface area contributed by atoms with Crippen LogP contribution in [-0.4, -0.2) is 30.5 Å². The summed E-state index contributed by atoms with van der Waals surface area (Å²) in [5.74, 6) is 0.390. The maximum Gasteiger partial charge on any atom is 0.0595 e. The van der Waals surface area contributed by atoms with Gasteiger partial charge in [-0.05, 0) is 12.8 Å². The molecule has 1 heterocycles. The van der Waals surface area contributed by atoms with Crippen LogP contribution in [0.4, 0.5) is 0 Å². The van der Waals surface area contributed by atoms with E-state index in [4.69, 9.17) is 4.84 Å². The molecule has 0 N–H and O–H groups in total. The molecule has 1 saturated heterocycles. The number of hydroxylamine groups is 2. The van der Waals surface area contributed by atoms with E-state index in [1.165, 1.54) is 0 Å². The van der Waals surface area contributed by atoms with Crippen molar-refractivity contribution >= 4 is 6.29 Å². The fourth-order valence-corrected chi connectivity index (χ4v) is 2.30. The first-order valence-electron chi connectivity index (χ1n) is 4.72. The third-order valence-corrected chi connectivity index (χ3v) is 3.03. The van der Waals surface area contributed by atoms with E-state index in [9.17, 15) is 4.79 Å². The van der Waals surface area contributed by atoms with E-state index < -0.39 is 5.41 Å². The molecule has 1 fully saturated rings. The molecular weight excluding hydrogens is 166 g/mol.